The van der Waals surface area contributed by atoms with Crippen molar-refractivity contribution in [1.82, 2.24) is 19.9 Å². The molecule has 253 valence electrons. The Hall–Kier alpha value is -6.53. The summed E-state index contributed by atoms with van der Waals surface area (Å²) >= 11 is 0. The molecule has 0 aliphatic rings. The molecule has 0 aliphatic heterocycles. The summed E-state index contributed by atoms with van der Waals surface area (Å²) < 4.78 is 0. The Morgan fingerprint density at radius 3 is 0.642 bits per heavy atom. The summed E-state index contributed by atoms with van der Waals surface area (Å²) in [6, 6.07) is 58.7. The van der Waals surface area contributed by atoms with Gasteiger partial charge in [0.25, 0.3) is 0 Å². The van der Waals surface area contributed by atoms with Gasteiger partial charge in [-0.25, -0.2) is 0 Å². The SMILES string of the molecule is [Co].c1ccc(-c2ccnc3c2ccc2c(-c4ccccc4)ccnc23)cc1.c1ccc(-c2ccnc3c2ccc2c(-c4ccccc4)ccnc23)cc1. The maximum atomic E-state index is 4.67. The molecule has 4 aromatic heterocycles. The molecule has 0 atom stereocenters. The first-order valence-electron chi connectivity index (χ1n) is 17.4. The zero-order valence-electron chi connectivity index (χ0n) is 28.6. The second-order valence-electron chi connectivity index (χ2n) is 12.6. The van der Waals surface area contributed by atoms with Crippen molar-refractivity contribution in [1.29, 1.82) is 0 Å². The van der Waals surface area contributed by atoms with Crippen molar-refractivity contribution >= 4 is 43.6 Å². The van der Waals surface area contributed by atoms with Crippen LogP contribution in [0.25, 0.3) is 88.1 Å². The van der Waals surface area contributed by atoms with Crippen LogP contribution in [-0.4, -0.2) is 19.9 Å². The van der Waals surface area contributed by atoms with Gasteiger partial charge in [-0.2, -0.15) is 0 Å². The van der Waals surface area contributed by atoms with Crippen LogP contribution in [0.15, 0.2) is 195 Å². The molecule has 0 amide bonds. The summed E-state index contributed by atoms with van der Waals surface area (Å²) in [5, 5.41) is 4.51. The Kier molecular flexibility index (Phi) is 9.50. The van der Waals surface area contributed by atoms with Crippen LogP contribution in [0.5, 0.6) is 0 Å². The molecule has 0 bridgehead atoms. The second-order valence-corrected chi connectivity index (χ2v) is 12.6. The number of fused-ring (bicyclic) bond motifs is 6. The van der Waals surface area contributed by atoms with Gasteiger partial charge in [0.1, 0.15) is 0 Å². The molecule has 0 spiro atoms. The maximum Gasteiger partial charge on any atom is 0.0970 e. The number of rotatable bonds is 4. The Morgan fingerprint density at radius 1 is 0.226 bits per heavy atom. The van der Waals surface area contributed by atoms with E-state index in [1.807, 2.05) is 49.1 Å². The van der Waals surface area contributed by atoms with Crippen molar-refractivity contribution in [2.75, 3.05) is 0 Å². The molecular weight excluding hydrogens is 691 g/mol. The molecule has 0 saturated heterocycles. The quantitative estimate of drug-likeness (QED) is 0.170. The summed E-state index contributed by atoms with van der Waals surface area (Å²) in [5.74, 6) is 0. The minimum Gasteiger partial charge on any atom is -0.254 e. The molecule has 0 N–H and O–H groups in total. The van der Waals surface area contributed by atoms with E-state index in [0.29, 0.717) is 0 Å². The van der Waals surface area contributed by atoms with Crippen molar-refractivity contribution in [3.63, 3.8) is 0 Å². The van der Waals surface area contributed by atoms with Gasteiger partial charge in [0, 0.05) is 63.1 Å². The normalized spacial score (nSPS) is 10.9. The number of aromatic nitrogens is 4. The summed E-state index contributed by atoms with van der Waals surface area (Å²) in [6.07, 6.45) is 7.50. The third-order valence-electron chi connectivity index (χ3n) is 9.58. The van der Waals surface area contributed by atoms with E-state index in [9.17, 15) is 0 Å². The van der Waals surface area contributed by atoms with E-state index in [2.05, 4.69) is 166 Å². The molecule has 0 unspecified atom stereocenters. The summed E-state index contributed by atoms with van der Waals surface area (Å²) in [7, 11) is 0. The number of nitrogens with zero attached hydrogens (tertiary/aromatic N) is 4. The van der Waals surface area contributed by atoms with Crippen LogP contribution in [0.3, 0.4) is 0 Å². The van der Waals surface area contributed by atoms with Crippen LogP contribution in [0, 0.1) is 0 Å². The van der Waals surface area contributed by atoms with Gasteiger partial charge in [-0.1, -0.05) is 146 Å². The minimum atomic E-state index is 0. The average Bonchev–Trinajstić information content (AvgIpc) is 3.24. The molecule has 6 aromatic carbocycles. The molecule has 0 aliphatic carbocycles. The van der Waals surface area contributed by atoms with E-state index in [1.54, 1.807) is 0 Å². The second kappa shape index (κ2) is 15.0. The van der Waals surface area contributed by atoms with Crippen molar-refractivity contribution in [3.05, 3.63) is 195 Å². The van der Waals surface area contributed by atoms with Gasteiger partial charge in [0.15, 0.2) is 0 Å². The molecule has 0 saturated carbocycles. The fourth-order valence-electron chi connectivity index (χ4n) is 7.13. The van der Waals surface area contributed by atoms with Crippen LogP contribution in [-0.2, 0) is 16.8 Å². The molecule has 10 rings (SSSR count). The van der Waals surface area contributed by atoms with Crippen LogP contribution >= 0.6 is 0 Å². The van der Waals surface area contributed by atoms with Gasteiger partial charge < -0.3 is 0 Å². The Bertz CT molecular complexity index is 2430. The van der Waals surface area contributed by atoms with E-state index >= 15 is 0 Å². The van der Waals surface area contributed by atoms with Crippen LogP contribution in [0.4, 0.5) is 0 Å². The fourth-order valence-corrected chi connectivity index (χ4v) is 7.13. The fraction of sp³-hybridized carbons (Fsp3) is 0. The number of hydrogen-bond acceptors (Lipinski definition) is 4. The average molecular weight is 724 g/mol. The first-order valence-corrected chi connectivity index (χ1v) is 17.4. The van der Waals surface area contributed by atoms with Gasteiger partial charge in [-0.15, -0.1) is 0 Å². The predicted octanol–water partition coefficient (Wildman–Crippen LogP) is 12.2. The minimum absolute atomic E-state index is 0. The largest absolute Gasteiger partial charge is 0.254 e. The van der Waals surface area contributed by atoms with Crippen molar-refractivity contribution in [3.8, 4) is 44.5 Å². The van der Waals surface area contributed by atoms with Crippen LogP contribution in [0.1, 0.15) is 0 Å². The number of benzene rings is 6. The molecule has 5 heteroatoms. The first-order chi connectivity index (χ1) is 25.8. The van der Waals surface area contributed by atoms with E-state index in [-0.39, 0.29) is 16.8 Å². The van der Waals surface area contributed by atoms with E-state index in [1.165, 1.54) is 44.5 Å². The van der Waals surface area contributed by atoms with Crippen molar-refractivity contribution < 1.29 is 16.8 Å². The van der Waals surface area contributed by atoms with Gasteiger partial charge in [-0.3, -0.25) is 19.9 Å². The summed E-state index contributed by atoms with van der Waals surface area (Å²) in [6.45, 7) is 0. The van der Waals surface area contributed by atoms with Gasteiger partial charge in [0.05, 0.1) is 22.1 Å². The van der Waals surface area contributed by atoms with E-state index in [4.69, 9.17) is 0 Å². The van der Waals surface area contributed by atoms with E-state index in [0.717, 1.165) is 43.6 Å². The number of pyridine rings is 4. The van der Waals surface area contributed by atoms with Gasteiger partial charge >= 0.3 is 0 Å². The maximum absolute atomic E-state index is 4.67. The van der Waals surface area contributed by atoms with Crippen LogP contribution in [0.2, 0.25) is 0 Å². The zero-order chi connectivity index (χ0) is 34.7. The first kappa shape index (κ1) is 33.6. The summed E-state index contributed by atoms with van der Waals surface area (Å²) in [5.41, 5.74) is 13.3. The molecule has 4 nitrogen and oxygen atoms in total. The Morgan fingerprint density at radius 2 is 0.434 bits per heavy atom. The molecule has 1 radical (unpaired) electrons. The van der Waals surface area contributed by atoms with Gasteiger partial charge in [-0.05, 0) is 68.8 Å². The topological polar surface area (TPSA) is 51.6 Å². The third kappa shape index (κ3) is 6.44. The van der Waals surface area contributed by atoms with Crippen molar-refractivity contribution in [2.24, 2.45) is 0 Å². The van der Waals surface area contributed by atoms with Gasteiger partial charge in [0.2, 0.25) is 0 Å². The van der Waals surface area contributed by atoms with Crippen molar-refractivity contribution in [2.45, 2.75) is 0 Å². The standard InChI is InChI=1S/2C24H16N2.Co/c2*1-3-7-17(8-4-1)19-13-15-25-23-21(19)11-12-22-20(14-16-26-24(22)23)18-9-5-2-6-10-18;/h2*1-16H;. The molecule has 10 aromatic rings. The Labute approximate surface area is 318 Å². The zero-order valence-corrected chi connectivity index (χ0v) is 29.6. The monoisotopic (exact) mass is 723 g/mol. The molecular formula is C48H32CoN4. The summed E-state index contributed by atoms with van der Waals surface area (Å²) in [4.78, 5) is 18.7. The third-order valence-corrected chi connectivity index (χ3v) is 9.58. The molecule has 53 heavy (non-hydrogen) atoms. The predicted molar refractivity (Wildman–Crippen MR) is 216 cm³/mol. The number of hydrogen-bond donors (Lipinski definition) is 0. The smallest absolute Gasteiger partial charge is 0.0970 e. The molecule has 4 heterocycles. The van der Waals surface area contributed by atoms with Crippen LogP contribution < -0.4 is 0 Å². The Balaban J connectivity index is 0.000000148. The van der Waals surface area contributed by atoms with E-state index < -0.39 is 0 Å². The molecule has 0 fully saturated rings.